The third-order valence-corrected chi connectivity index (χ3v) is 2.98. The number of carbonyl (C=O) groups is 1. The molecule has 0 radical (unpaired) electrons. The maximum atomic E-state index is 12.4. The van der Waals surface area contributed by atoms with Crippen molar-refractivity contribution in [3.63, 3.8) is 0 Å². The van der Waals surface area contributed by atoms with Gasteiger partial charge >= 0.3 is 0 Å². The molecule has 0 bridgehead atoms. The molecule has 0 aliphatic heterocycles. The smallest absolute Gasteiger partial charge is 0.256 e. The molecule has 0 aliphatic rings. The van der Waals surface area contributed by atoms with Gasteiger partial charge in [0.1, 0.15) is 5.69 Å². The second kappa shape index (κ2) is 7.40. The van der Waals surface area contributed by atoms with Gasteiger partial charge in [-0.2, -0.15) is 0 Å². The zero-order valence-electron chi connectivity index (χ0n) is 12.0. The van der Waals surface area contributed by atoms with Gasteiger partial charge in [0.2, 0.25) is 5.88 Å². The van der Waals surface area contributed by atoms with Crippen LogP contribution < -0.4 is 15.8 Å². The molecule has 0 unspecified atom stereocenters. The number of hydrogen-bond acceptors (Lipinski definition) is 4. The number of benzene rings is 1. The zero-order chi connectivity index (χ0) is 15.1. The Hall–Kier alpha value is -2.40. The Morgan fingerprint density at radius 2 is 2.10 bits per heavy atom. The summed E-state index contributed by atoms with van der Waals surface area (Å²) in [5.41, 5.74) is 7.70. The predicted octanol–water partition coefficient (Wildman–Crippen LogP) is 2.23. The van der Waals surface area contributed by atoms with Gasteiger partial charge < -0.3 is 15.8 Å². The molecule has 110 valence electrons. The molecule has 1 heterocycles. The van der Waals surface area contributed by atoms with E-state index in [1.807, 2.05) is 25.1 Å². The number of anilines is 1. The fraction of sp³-hybridized carbons (Fsp3) is 0.250. The van der Waals surface area contributed by atoms with Crippen LogP contribution in [0.5, 0.6) is 5.88 Å². The summed E-state index contributed by atoms with van der Waals surface area (Å²) in [4.78, 5) is 16.5. The van der Waals surface area contributed by atoms with E-state index in [1.54, 1.807) is 24.4 Å². The highest BCUT2D eigenvalue weighted by molar-refractivity contribution is 6.05. The monoisotopic (exact) mass is 285 g/mol. The molecule has 3 N–H and O–H groups in total. The van der Waals surface area contributed by atoms with Gasteiger partial charge in [-0.3, -0.25) is 4.79 Å². The number of carbonyl (C=O) groups excluding carboxylic acids is 1. The third kappa shape index (κ3) is 3.79. The first-order valence-corrected chi connectivity index (χ1v) is 6.93. The highest BCUT2D eigenvalue weighted by atomic mass is 16.5. The Morgan fingerprint density at radius 3 is 2.86 bits per heavy atom. The summed E-state index contributed by atoms with van der Waals surface area (Å²) in [6.07, 6.45) is 2.29. The average Bonchev–Trinajstić information content (AvgIpc) is 2.50. The number of pyridine rings is 1. The van der Waals surface area contributed by atoms with E-state index in [2.05, 4.69) is 10.3 Å². The number of rotatable bonds is 6. The molecule has 0 saturated carbocycles. The minimum Gasteiger partial charge on any atom is -0.476 e. The van der Waals surface area contributed by atoms with E-state index in [9.17, 15) is 4.79 Å². The van der Waals surface area contributed by atoms with E-state index < -0.39 is 0 Å². The van der Waals surface area contributed by atoms with E-state index in [0.29, 0.717) is 36.7 Å². The summed E-state index contributed by atoms with van der Waals surface area (Å²) in [7, 11) is 0. The largest absolute Gasteiger partial charge is 0.476 e. The van der Waals surface area contributed by atoms with Crippen LogP contribution in [-0.4, -0.2) is 24.0 Å². The van der Waals surface area contributed by atoms with Gasteiger partial charge in [0.15, 0.2) is 0 Å². The van der Waals surface area contributed by atoms with E-state index in [-0.39, 0.29) is 5.91 Å². The molecule has 5 nitrogen and oxygen atoms in total. The van der Waals surface area contributed by atoms with Crippen molar-refractivity contribution in [1.82, 2.24) is 4.98 Å². The SMILES string of the molecule is CCOc1ncccc1NC(=O)c1ccccc1CCN. The van der Waals surface area contributed by atoms with Gasteiger partial charge in [-0.1, -0.05) is 18.2 Å². The van der Waals surface area contributed by atoms with Gasteiger partial charge in [-0.05, 0) is 43.7 Å². The second-order valence-corrected chi connectivity index (χ2v) is 4.44. The van der Waals surface area contributed by atoms with Crippen LogP contribution in [0.25, 0.3) is 0 Å². The van der Waals surface area contributed by atoms with Gasteiger partial charge in [0, 0.05) is 11.8 Å². The Bertz CT molecular complexity index is 614. The molecule has 1 aromatic heterocycles. The van der Waals surface area contributed by atoms with Crippen LogP contribution in [-0.2, 0) is 6.42 Å². The van der Waals surface area contributed by atoms with Gasteiger partial charge in [-0.25, -0.2) is 4.98 Å². The fourth-order valence-corrected chi connectivity index (χ4v) is 2.04. The van der Waals surface area contributed by atoms with Crippen molar-refractivity contribution < 1.29 is 9.53 Å². The molecule has 2 rings (SSSR count). The molecular formula is C16H19N3O2. The van der Waals surface area contributed by atoms with E-state index in [4.69, 9.17) is 10.5 Å². The maximum absolute atomic E-state index is 12.4. The number of amides is 1. The number of hydrogen-bond donors (Lipinski definition) is 2. The molecule has 1 aromatic carbocycles. The van der Waals surface area contributed by atoms with Crippen molar-refractivity contribution >= 4 is 11.6 Å². The van der Waals surface area contributed by atoms with Gasteiger partial charge in [-0.15, -0.1) is 0 Å². The van der Waals surface area contributed by atoms with E-state index >= 15 is 0 Å². The average molecular weight is 285 g/mol. The number of ether oxygens (including phenoxy) is 1. The Morgan fingerprint density at radius 1 is 1.29 bits per heavy atom. The van der Waals surface area contributed by atoms with Crippen LogP contribution >= 0.6 is 0 Å². The summed E-state index contributed by atoms with van der Waals surface area (Å²) in [5, 5.41) is 2.84. The summed E-state index contributed by atoms with van der Waals surface area (Å²) in [5.74, 6) is 0.234. The summed E-state index contributed by atoms with van der Waals surface area (Å²) >= 11 is 0. The minimum atomic E-state index is -0.187. The summed E-state index contributed by atoms with van der Waals surface area (Å²) in [6.45, 7) is 2.86. The fourth-order valence-electron chi connectivity index (χ4n) is 2.04. The minimum absolute atomic E-state index is 0.187. The lowest BCUT2D eigenvalue weighted by molar-refractivity contribution is 0.102. The standard InChI is InChI=1S/C16H19N3O2/c1-2-21-16-14(8-5-11-18-16)19-15(20)13-7-4-3-6-12(13)9-10-17/h3-8,11H,2,9-10,17H2,1H3,(H,19,20). The predicted molar refractivity (Wildman–Crippen MR) is 82.6 cm³/mol. The van der Waals surface area contributed by atoms with Crippen LogP contribution in [0.2, 0.25) is 0 Å². The molecule has 0 atom stereocenters. The first-order valence-electron chi connectivity index (χ1n) is 6.93. The van der Waals surface area contributed by atoms with E-state index in [0.717, 1.165) is 5.56 Å². The van der Waals surface area contributed by atoms with Crippen LogP contribution in [0.4, 0.5) is 5.69 Å². The van der Waals surface area contributed by atoms with Crippen molar-refractivity contribution in [1.29, 1.82) is 0 Å². The van der Waals surface area contributed by atoms with Crippen LogP contribution in [0.1, 0.15) is 22.8 Å². The van der Waals surface area contributed by atoms with Crippen LogP contribution in [0, 0.1) is 0 Å². The molecule has 0 saturated heterocycles. The molecule has 0 spiro atoms. The molecule has 0 fully saturated rings. The second-order valence-electron chi connectivity index (χ2n) is 4.44. The molecule has 1 amide bonds. The van der Waals surface area contributed by atoms with Crippen molar-refractivity contribution in [3.8, 4) is 5.88 Å². The Kier molecular flexibility index (Phi) is 5.29. The van der Waals surface area contributed by atoms with Crippen LogP contribution in [0.15, 0.2) is 42.6 Å². The van der Waals surface area contributed by atoms with Crippen molar-refractivity contribution in [2.24, 2.45) is 5.73 Å². The topological polar surface area (TPSA) is 77.2 Å². The first kappa shape index (κ1) is 15.0. The molecule has 2 aromatic rings. The maximum Gasteiger partial charge on any atom is 0.256 e. The van der Waals surface area contributed by atoms with Crippen LogP contribution in [0.3, 0.4) is 0 Å². The van der Waals surface area contributed by atoms with Crippen molar-refractivity contribution in [3.05, 3.63) is 53.7 Å². The van der Waals surface area contributed by atoms with Gasteiger partial charge in [0.05, 0.1) is 6.61 Å². The highest BCUT2D eigenvalue weighted by Gasteiger charge is 2.13. The number of nitrogens with one attached hydrogen (secondary N) is 1. The number of aromatic nitrogens is 1. The lowest BCUT2D eigenvalue weighted by Crippen LogP contribution is -2.16. The lowest BCUT2D eigenvalue weighted by atomic mass is 10.0. The lowest BCUT2D eigenvalue weighted by Gasteiger charge is -2.12. The summed E-state index contributed by atoms with van der Waals surface area (Å²) in [6, 6.07) is 11.0. The molecular weight excluding hydrogens is 266 g/mol. The first-order chi connectivity index (χ1) is 10.3. The highest BCUT2D eigenvalue weighted by Crippen LogP contribution is 2.22. The number of nitrogens with zero attached hydrogens (tertiary/aromatic N) is 1. The molecule has 21 heavy (non-hydrogen) atoms. The summed E-state index contributed by atoms with van der Waals surface area (Å²) < 4.78 is 5.41. The van der Waals surface area contributed by atoms with Crippen molar-refractivity contribution in [2.75, 3.05) is 18.5 Å². The Balaban J connectivity index is 2.22. The van der Waals surface area contributed by atoms with Crippen molar-refractivity contribution in [2.45, 2.75) is 13.3 Å². The zero-order valence-corrected chi connectivity index (χ0v) is 12.0. The number of nitrogens with two attached hydrogens (primary N) is 1. The molecule has 0 aliphatic carbocycles. The quantitative estimate of drug-likeness (QED) is 0.853. The Labute approximate surface area is 124 Å². The third-order valence-electron chi connectivity index (χ3n) is 2.98. The molecule has 5 heteroatoms. The normalized spacial score (nSPS) is 10.2. The van der Waals surface area contributed by atoms with Gasteiger partial charge in [0.25, 0.3) is 5.91 Å². The van der Waals surface area contributed by atoms with E-state index in [1.165, 1.54) is 0 Å².